The summed E-state index contributed by atoms with van der Waals surface area (Å²) < 4.78 is 1.59. The molecule has 3 heteroatoms. The van der Waals surface area contributed by atoms with E-state index < -0.39 is 0 Å². The zero-order chi connectivity index (χ0) is 11.3. The molecule has 0 radical (unpaired) electrons. The van der Waals surface area contributed by atoms with Crippen molar-refractivity contribution in [2.45, 2.75) is 26.3 Å². The molecule has 0 aliphatic carbocycles. The number of aromatic nitrogens is 1. The smallest absolute Gasteiger partial charge is 0.250 e. The Balaban J connectivity index is 2.57. The minimum Gasteiger partial charge on any atom is -0.319 e. The summed E-state index contributed by atoms with van der Waals surface area (Å²) in [5.74, 6) is 0. The summed E-state index contributed by atoms with van der Waals surface area (Å²) in [6.07, 6.45) is 4.24. The summed E-state index contributed by atoms with van der Waals surface area (Å²) in [5.41, 5.74) is 1.16. The van der Waals surface area contributed by atoms with Crippen LogP contribution in [0.25, 0.3) is 0 Å². The molecule has 0 aliphatic heterocycles. The molecule has 0 amide bonds. The van der Waals surface area contributed by atoms with Crippen LogP contribution >= 0.6 is 0 Å². The van der Waals surface area contributed by atoms with Gasteiger partial charge in [0, 0.05) is 25.9 Å². The average Bonchev–Trinajstić information content (AvgIpc) is 2.20. The maximum atomic E-state index is 11.4. The predicted molar refractivity (Wildman–Crippen MR) is 62.9 cm³/mol. The molecule has 0 aliphatic rings. The van der Waals surface area contributed by atoms with Crippen LogP contribution in [0.4, 0.5) is 0 Å². The van der Waals surface area contributed by atoms with Crippen molar-refractivity contribution in [1.29, 1.82) is 0 Å². The van der Waals surface area contributed by atoms with Gasteiger partial charge in [-0.2, -0.15) is 0 Å². The standard InChI is InChI=1S/C12H20N2O/c1-4-5-7-13(2)10-11-6-8-14(3)12(15)9-11/h6,8-9H,4-5,7,10H2,1-3H3. The summed E-state index contributed by atoms with van der Waals surface area (Å²) in [4.78, 5) is 13.6. The molecule has 0 saturated carbocycles. The molecule has 84 valence electrons. The van der Waals surface area contributed by atoms with Crippen molar-refractivity contribution in [3.63, 3.8) is 0 Å². The van der Waals surface area contributed by atoms with E-state index in [1.807, 2.05) is 12.3 Å². The van der Waals surface area contributed by atoms with Gasteiger partial charge in [0.15, 0.2) is 0 Å². The average molecular weight is 208 g/mol. The Labute approximate surface area is 91.3 Å². The van der Waals surface area contributed by atoms with E-state index in [4.69, 9.17) is 0 Å². The minimum absolute atomic E-state index is 0.0661. The molecule has 1 rings (SSSR count). The number of aryl methyl sites for hydroxylation is 1. The van der Waals surface area contributed by atoms with Gasteiger partial charge in [-0.15, -0.1) is 0 Å². The molecule has 1 heterocycles. The first-order chi connectivity index (χ1) is 7.13. The van der Waals surface area contributed by atoms with Crippen LogP contribution in [0.2, 0.25) is 0 Å². The summed E-state index contributed by atoms with van der Waals surface area (Å²) >= 11 is 0. The highest BCUT2D eigenvalue weighted by Gasteiger charge is 2.00. The topological polar surface area (TPSA) is 25.2 Å². The fraction of sp³-hybridized carbons (Fsp3) is 0.583. The summed E-state index contributed by atoms with van der Waals surface area (Å²) in [5, 5.41) is 0. The number of rotatable bonds is 5. The Hall–Kier alpha value is -1.09. The van der Waals surface area contributed by atoms with Gasteiger partial charge >= 0.3 is 0 Å². The molecule has 0 spiro atoms. The van der Waals surface area contributed by atoms with Gasteiger partial charge in [-0.25, -0.2) is 0 Å². The molecule has 0 N–H and O–H groups in total. The summed E-state index contributed by atoms with van der Waals surface area (Å²) in [7, 11) is 3.86. The van der Waals surface area contributed by atoms with E-state index in [0.717, 1.165) is 18.7 Å². The molecule has 0 fully saturated rings. The largest absolute Gasteiger partial charge is 0.319 e. The first-order valence-corrected chi connectivity index (χ1v) is 5.47. The third kappa shape index (κ3) is 3.88. The van der Waals surface area contributed by atoms with Crippen LogP contribution in [-0.2, 0) is 13.6 Å². The first kappa shape index (κ1) is 12.0. The van der Waals surface area contributed by atoms with Crippen LogP contribution in [0.15, 0.2) is 23.1 Å². The zero-order valence-corrected chi connectivity index (χ0v) is 9.86. The first-order valence-electron chi connectivity index (χ1n) is 5.47. The van der Waals surface area contributed by atoms with Crippen molar-refractivity contribution in [3.8, 4) is 0 Å². The van der Waals surface area contributed by atoms with E-state index in [1.165, 1.54) is 12.8 Å². The highest BCUT2D eigenvalue weighted by molar-refractivity contribution is 5.10. The van der Waals surface area contributed by atoms with Crippen molar-refractivity contribution in [2.75, 3.05) is 13.6 Å². The molecule has 3 nitrogen and oxygen atoms in total. The lowest BCUT2D eigenvalue weighted by molar-refractivity contribution is 0.320. The maximum Gasteiger partial charge on any atom is 0.250 e. The number of nitrogens with zero attached hydrogens (tertiary/aromatic N) is 2. The zero-order valence-electron chi connectivity index (χ0n) is 9.86. The van der Waals surface area contributed by atoms with E-state index in [9.17, 15) is 4.79 Å². The number of pyridine rings is 1. The molecule has 1 aromatic rings. The van der Waals surface area contributed by atoms with Crippen molar-refractivity contribution in [2.24, 2.45) is 7.05 Å². The molecular formula is C12H20N2O. The lowest BCUT2D eigenvalue weighted by Crippen LogP contribution is -2.21. The van der Waals surface area contributed by atoms with E-state index in [1.54, 1.807) is 17.7 Å². The van der Waals surface area contributed by atoms with Crippen LogP contribution in [-0.4, -0.2) is 23.1 Å². The molecule has 1 aromatic heterocycles. The Kier molecular flexibility index (Phi) is 4.56. The van der Waals surface area contributed by atoms with Crippen molar-refractivity contribution in [3.05, 3.63) is 34.2 Å². The lowest BCUT2D eigenvalue weighted by Gasteiger charge is -2.15. The van der Waals surface area contributed by atoms with Crippen LogP contribution in [0, 0.1) is 0 Å². The SMILES string of the molecule is CCCCN(C)Cc1ccn(C)c(=O)c1. The van der Waals surface area contributed by atoms with Gasteiger partial charge in [-0.05, 0) is 31.6 Å². The monoisotopic (exact) mass is 208 g/mol. The molecule has 0 unspecified atom stereocenters. The van der Waals surface area contributed by atoms with E-state index in [-0.39, 0.29) is 5.56 Å². The maximum absolute atomic E-state index is 11.4. The molecular weight excluding hydrogens is 188 g/mol. The van der Waals surface area contributed by atoms with Crippen LogP contribution in [0.1, 0.15) is 25.3 Å². The molecule has 0 bridgehead atoms. The number of unbranched alkanes of at least 4 members (excludes halogenated alkanes) is 1. The van der Waals surface area contributed by atoms with Crippen molar-refractivity contribution >= 4 is 0 Å². The van der Waals surface area contributed by atoms with Crippen LogP contribution in [0.5, 0.6) is 0 Å². The Bertz CT molecular complexity index is 357. The van der Waals surface area contributed by atoms with E-state index in [2.05, 4.69) is 18.9 Å². The fourth-order valence-corrected chi connectivity index (χ4v) is 1.51. The van der Waals surface area contributed by atoms with Crippen LogP contribution < -0.4 is 5.56 Å². The molecule has 0 atom stereocenters. The normalized spacial score (nSPS) is 10.9. The predicted octanol–water partition coefficient (Wildman–Crippen LogP) is 1.62. The Morgan fingerprint density at radius 2 is 2.20 bits per heavy atom. The van der Waals surface area contributed by atoms with Gasteiger partial charge in [-0.3, -0.25) is 4.79 Å². The highest BCUT2D eigenvalue weighted by Crippen LogP contribution is 2.01. The second-order valence-corrected chi connectivity index (χ2v) is 4.08. The Morgan fingerprint density at radius 1 is 1.47 bits per heavy atom. The molecule has 0 saturated heterocycles. The lowest BCUT2D eigenvalue weighted by atomic mass is 10.2. The van der Waals surface area contributed by atoms with Crippen molar-refractivity contribution < 1.29 is 0 Å². The minimum atomic E-state index is 0.0661. The molecule has 15 heavy (non-hydrogen) atoms. The number of hydrogen-bond donors (Lipinski definition) is 0. The van der Waals surface area contributed by atoms with Gasteiger partial charge in [-0.1, -0.05) is 13.3 Å². The molecule has 0 aromatic carbocycles. The summed E-state index contributed by atoms with van der Waals surface area (Å²) in [6, 6.07) is 3.71. The Morgan fingerprint density at radius 3 is 2.80 bits per heavy atom. The van der Waals surface area contributed by atoms with E-state index in [0.29, 0.717) is 0 Å². The quantitative estimate of drug-likeness (QED) is 0.734. The van der Waals surface area contributed by atoms with Gasteiger partial charge in [0.25, 0.3) is 5.56 Å². The highest BCUT2D eigenvalue weighted by atomic mass is 16.1. The van der Waals surface area contributed by atoms with Crippen molar-refractivity contribution in [1.82, 2.24) is 9.47 Å². The third-order valence-electron chi connectivity index (χ3n) is 2.51. The summed E-state index contributed by atoms with van der Waals surface area (Å²) in [6.45, 7) is 4.13. The van der Waals surface area contributed by atoms with Gasteiger partial charge in [0.1, 0.15) is 0 Å². The second kappa shape index (κ2) is 5.71. The van der Waals surface area contributed by atoms with Gasteiger partial charge < -0.3 is 9.47 Å². The van der Waals surface area contributed by atoms with Crippen LogP contribution in [0.3, 0.4) is 0 Å². The van der Waals surface area contributed by atoms with Gasteiger partial charge in [0.2, 0.25) is 0 Å². The number of hydrogen-bond acceptors (Lipinski definition) is 2. The van der Waals surface area contributed by atoms with E-state index >= 15 is 0 Å². The second-order valence-electron chi connectivity index (χ2n) is 4.08. The fourth-order valence-electron chi connectivity index (χ4n) is 1.51. The van der Waals surface area contributed by atoms with Gasteiger partial charge in [0.05, 0.1) is 0 Å². The third-order valence-corrected chi connectivity index (χ3v) is 2.51.